The van der Waals surface area contributed by atoms with Crippen LogP contribution in [0.25, 0.3) is 0 Å². The number of anilines is 2. The van der Waals surface area contributed by atoms with Gasteiger partial charge in [-0.1, -0.05) is 20.3 Å². The van der Waals surface area contributed by atoms with Crippen molar-refractivity contribution >= 4 is 11.4 Å². The molecule has 0 saturated carbocycles. The number of benzene rings is 2. The smallest absolute Gasteiger partial charge is 0.372 e. The zero-order valence-corrected chi connectivity index (χ0v) is 21.6. The molecule has 0 fully saturated rings. The number of rotatable bonds is 8. The van der Waals surface area contributed by atoms with E-state index in [2.05, 4.69) is 0 Å². The summed E-state index contributed by atoms with van der Waals surface area (Å²) in [7, 11) is 1.71. The van der Waals surface area contributed by atoms with Gasteiger partial charge in [-0.2, -0.15) is 36.9 Å². The van der Waals surface area contributed by atoms with Crippen LogP contribution in [0.2, 0.25) is 0 Å². The van der Waals surface area contributed by atoms with Gasteiger partial charge in [-0.25, -0.2) is 0 Å². The lowest BCUT2D eigenvalue weighted by Crippen LogP contribution is -2.26. The van der Waals surface area contributed by atoms with Gasteiger partial charge in [0, 0.05) is 37.6 Å². The van der Waals surface area contributed by atoms with Gasteiger partial charge in [0.15, 0.2) is 0 Å². The molecule has 2 aromatic carbocycles. The molecule has 0 amide bonds. The molecule has 0 unspecified atom stereocenters. The Morgan fingerprint density at radius 2 is 1.22 bits per heavy atom. The monoisotopic (exact) mass is 526 g/mol. The number of nitriles is 2. The number of nitrogens with zero attached hydrogens (tertiary/aromatic N) is 4. The normalized spacial score (nSPS) is 11.3. The molecule has 37 heavy (non-hydrogen) atoms. The summed E-state index contributed by atoms with van der Waals surface area (Å²) in [6.45, 7) is 9.24. The van der Waals surface area contributed by atoms with Crippen molar-refractivity contribution in [2.45, 2.75) is 65.4 Å². The molecule has 0 aromatic heterocycles. The number of alkyl halides is 6. The predicted molar refractivity (Wildman–Crippen MR) is 133 cm³/mol. The Morgan fingerprint density at radius 1 is 0.757 bits per heavy atom. The van der Waals surface area contributed by atoms with Gasteiger partial charge in [-0.05, 0) is 63.1 Å². The molecule has 0 heterocycles. The number of unbranched alkanes of at least 4 members (excludes halogenated alkanes) is 1. The van der Waals surface area contributed by atoms with Crippen molar-refractivity contribution in [1.29, 1.82) is 10.5 Å². The Hall–Kier alpha value is -3.40. The van der Waals surface area contributed by atoms with Gasteiger partial charge >= 0.3 is 12.4 Å². The number of halogens is 6. The third-order valence-electron chi connectivity index (χ3n) is 5.68. The Balaban J connectivity index is 0.000000375. The fraction of sp³-hybridized carbons (Fsp3) is 0.481. The molecule has 2 rings (SSSR count). The van der Waals surface area contributed by atoms with Crippen molar-refractivity contribution in [2.24, 2.45) is 0 Å². The molecule has 0 radical (unpaired) electrons. The van der Waals surface area contributed by atoms with Crippen LogP contribution in [0.3, 0.4) is 0 Å². The molecule has 0 bridgehead atoms. The topological polar surface area (TPSA) is 54.1 Å². The predicted octanol–water partition coefficient (Wildman–Crippen LogP) is 8.02. The first-order chi connectivity index (χ1) is 17.2. The molecule has 0 saturated heterocycles. The molecule has 202 valence electrons. The van der Waals surface area contributed by atoms with Crippen molar-refractivity contribution in [1.82, 2.24) is 0 Å². The molecule has 0 aliphatic rings. The second-order valence-corrected chi connectivity index (χ2v) is 8.72. The summed E-state index contributed by atoms with van der Waals surface area (Å²) < 4.78 is 77.0. The van der Waals surface area contributed by atoms with E-state index in [1.54, 1.807) is 30.2 Å². The van der Waals surface area contributed by atoms with Crippen LogP contribution in [0.4, 0.5) is 37.7 Å². The summed E-state index contributed by atoms with van der Waals surface area (Å²) in [6, 6.07) is 10.9. The van der Waals surface area contributed by atoms with Crippen LogP contribution in [0.1, 0.15) is 69.2 Å². The van der Waals surface area contributed by atoms with Crippen LogP contribution in [0, 0.1) is 22.7 Å². The van der Waals surface area contributed by atoms with Gasteiger partial charge in [0.2, 0.25) is 0 Å². The lowest BCUT2D eigenvalue weighted by molar-refractivity contribution is -0.138. The fourth-order valence-electron chi connectivity index (χ4n) is 3.43. The van der Waals surface area contributed by atoms with E-state index in [1.165, 1.54) is 18.2 Å². The third kappa shape index (κ3) is 9.20. The zero-order chi connectivity index (χ0) is 28.4. The SMILES string of the molecule is CC(C)N(C)c1ccc(C#N)c(C(F)(F)F)c1.CCCCN(CCC)c1ccc(C#N)c(C(F)(F)F)c1. The first kappa shape index (κ1) is 31.6. The van der Waals surface area contributed by atoms with Crippen molar-refractivity contribution in [2.75, 3.05) is 29.9 Å². The maximum Gasteiger partial charge on any atom is 0.417 e. The Bertz CT molecular complexity index is 1090. The van der Waals surface area contributed by atoms with E-state index in [1.807, 2.05) is 32.6 Å². The minimum absolute atomic E-state index is 0.0871. The molecule has 0 aliphatic carbocycles. The maximum atomic E-state index is 12.9. The average molecular weight is 527 g/mol. The van der Waals surface area contributed by atoms with Crippen LogP contribution < -0.4 is 9.80 Å². The Morgan fingerprint density at radius 3 is 1.59 bits per heavy atom. The lowest BCUT2D eigenvalue weighted by atomic mass is 10.1. The minimum atomic E-state index is -4.50. The number of hydrogen-bond donors (Lipinski definition) is 0. The summed E-state index contributed by atoms with van der Waals surface area (Å²) in [5.41, 5.74) is -1.43. The molecule has 2 aromatic rings. The highest BCUT2D eigenvalue weighted by molar-refractivity contribution is 5.55. The second kappa shape index (κ2) is 13.8. The minimum Gasteiger partial charge on any atom is -0.372 e. The Labute approximate surface area is 214 Å². The van der Waals surface area contributed by atoms with E-state index < -0.39 is 23.5 Å². The molecule has 0 spiro atoms. The number of hydrogen-bond acceptors (Lipinski definition) is 4. The van der Waals surface area contributed by atoms with Crippen LogP contribution in [0.5, 0.6) is 0 Å². The van der Waals surface area contributed by atoms with Crippen LogP contribution in [-0.4, -0.2) is 26.2 Å². The lowest BCUT2D eigenvalue weighted by Gasteiger charge is -2.25. The standard InChI is InChI=1S/C15H19F3N2.C12H13F3N2/c1-3-5-9-20(8-4-2)13-7-6-12(11-19)14(10-13)15(16,17)18;1-8(2)17(3)10-5-4-9(7-16)11(6-10)12(13,14)15/h6-7,10H,3-5,8-9H2,1-2H3;4-6,8H,1-3H3. The zero-order valence-electron chi connectivity index (χ0n) is 21.6. The van der Waals surface area contributed by atoms with Crippen molar-refractivity contribution in [3.05, 3.63) is 58.7 Å². The van der Waals surface area contributed by atoms with Crippen molar-refractivity contribution in [3.63, 3.8) is 0 Å². The van der Waals surface area contributed by atoms with Gasteiger partial charge in [0.25, 0.3) is 0 Å². The van der Waals surface area contributed by atoms with E-state index in [-0.39, 0.29) is 17.2 Å². The molecule has 0 atom stereocenters. The van der Waals surface area contributed by atoms with E-state index in [0.29, 0.717) is 17.9 Å². The fourth-order valence-corrected chi connectivity index (χ4v) is 3.43. The molecular weight excluding hydrogens is 494 g/mol. The van der Waals surface area contributed by atoms with Gasteiger partial charge in [-0.3, -0.25) is 0 Å². The maximum absolute atomic E-state index is 12.9. The summed E-state index contributed by atoms with van der Waals surface area (Å²) in [4.78, 5) is 3.66. The van der Waals surface area contributed by atoms with Crippen LogP contribution in [0.15, 0.2) is 36.4 Å². The quantitative estimate of drug-likeness (QED) is 0.327. The van der Waals surface area contributed by atoms with E-state index >= 15 is 0 Å². The summed E-state index contributed by atoms with van der Waals surface area (Å²) in [5, 5.41) is 17.4. The van der Waals surface area contributed by atoms with E-state index in [9.17, 15) is 26.3 Å². The van der Waals surface area contributed by atoms with Crippen LogP contribution in [-0.2, 0) is 12.4 Å². The molecule has 0 N–H and O–H groups in total. The second-order valence-electron chi connectivity index (χ2n) is 8.72. The molecule has 10 heteroatoms. The van der Waals surface area contributed by atoms with E-state index in [4.69, 9.17) is 10.5 Å². The largest absolute Gasteiger partial charge is 0.417 e. The highest BCUT2D eigenvalue weighted by atomic mass is 19.4. The first-order valence-electron chi connectivity index (χ1n) is 11.9. The average Bonchev–Trinajstić information content (AvgIpc) is 2.84. The highest BCUT2D eigenvalue weighted by Crippen LogP contribution is 2.35. The molecular formula is C27H32F6N4. The summed E-state index contributed by atoms with van der Waals surface area (Å²) in [5.74, 6) is 0. The van der Waals surface area contributed by atoms with Crippen molar-refractivity contribution in [3.8, 4) is 12.1 Å². The van der Waals surface area contributed by atoms with Gasteiger partial charge in [0.05, 0.1) is 34.4 Å². The van der Waals surface area contributed by atoms with Crippen LogP contribution >= 0.6 is 0 Å². The summed E-state index contributed by atoms with van der Waals surface area (Å²) >= 11 is 0. The Kier molecular flexibility index (Phi) is 11.8. The van der Waals surface area contributed by atoms with E-state index in [0.717, 1.165) is 37.9 Å². The van der Waals surface area contributed by atoms with Gasteiger partial charge in [0.1, 0.15) is 0 Å². The molecule has 4 nitrogen and oxygen atoms in total. The van der Waals surface area contributed by atoms with Gasteiger partial charge < -0.3 is 9.80 Å². The molecule has 0 aliphatic heterocycles. The highest BCUT2D eigenvalue weighted by Gasteiger charge is 2.35. The van der Waals surface area contributed by atoms with Gasteiger partial charge in [-0.15, -0.1) is 0 Å². The third-order valence-corrected chi connectivity index (χ3v) is 5.68. The first-order valence-corrected chi connectivity index (χ1v) is 11.9. The van der Waals surface area contributed by atoms with Crippen molar-refractivity contribution < 1.29 is 26.3 Å². The summed E-state index contributed by atoms with van der Waals surface area (Å²) in [6.07, 6.45) is -6.21.